The molecule has 0 bridgehead atoms. The number of hydrogen-bond acceptors (Lipinski definition) is 4. The Kier molecular flexibility index (Phi) is 4.58. The van der Waals surface area contributed by atoms with Crippen molar-refractivity contribution in [3.8, 4) is 5.75 Å². The van der Waals surface area contributed by atoms with Gasteiger partial charge in [-0.3, -0.25) is 9.36 Å². The van der Waals surface area contributed by atoms with Crippen LogP contribution in [-0.2, 0) is 11.3 Å². The average molecular weight is 233 g/mol. The quantitative estimate of drug-likeness (QED) is 0.560. The average Bonchev–Trinajstić information content (AvgIpc) is 2.22. The van der Waals surface area contributed by atoms with E-state index in [0.29, 0.717) is 19.8 Å². The minimum absolute atomic E-state index is 0.0654. The van der Waals surface area contributed by atoms with Crippen LogP contribution in [0.1, 0.15) is 6.92 Å². The van der Waals surface area contributed by atoms with Gasteiger partial charge in [0, 0.05) is 6.61 Å². The van der Waals surface area contributed by atoms with E-state index in [-0.39, 0.29) is 16.5 Å². The van der Waals surface area contributed by atoms with E-state index in [1.165, 1.54) is 18.0 Å². The summed E-state index contributed by atoms with van der Waals surface area (Å²) < 4.78 is 11.4. The molecule has 1 aromatic rings. The molecule has 15 heavy (non-hydrogen) atoms. The third-order valence-electron chi connectivity index (χ3n) is 1.84. The van der Waals surface area contributed by atoms with E-state index in [0.717, 1.165) is 0 Å². The van der Waals surface area contributed by atoms with Crippen LogP contribution in [-0.4, -0.2) is 29.9 Å². The van der Waals surface area contributed by atoms with Crippen molar-refractivity contribution in [1.82, 2.24) is 9.55 Å². The van der Waals surface area contributed by atoms with Crippen LogP contribution in [0.5, 0.6) is 5.75 Å². The third-order valence-corrected chi connectivity index (χ3v) is 2.11. The van der Waals surface area contributed by atoms with Crippen molar-refractivity contribution >= 4 is 11.6 Å². The first-order valence-corrected chi connectivity index (χ1v) is 4.95. The van der Waals surface area contributed by atoms with E-state index >= 15 is 0 Å². The van der Waals surface area contributed by atoms with Gasteiger partial charge in [0.15, 0.2) is 5.15 Å². The topological polar surface area (TPSA) is 53.4 Å². The van der Waals surface area contributed by atoms with Gasteiger partial charge >= 0.3 is 0 Å². The summed E-state index contributed by atoms with van der Waals surface area (Å²) in [7, 11) is 1.39. The zero-order chi connectivity index (χ0) is 11.3. The molecule has 0 aromatic carbocycles. The van der Waals surface area contributed by atoms with Crippen molar-refractivity contribution in [3.05, 3.63) is 21.8 Å². The van der Waals surface area contributed by atoms with Crippen LogP contribution in [0.3, 0.4) is 0 Å². The Morgan fingerprint density at radius 1 is 1.60 bits per heavy atom. The van der Waals surface area contributed by atoms with Gasteiger partial charge in [0.1, 0.15) is 0 Å². The lowest BCUT2D eigenvalue weighted by molar-refractivity contribution is 0.137. The maximum Gasteiger partial charge on any atom is 0.297 e. The van der Waals surface area contributed by atoms with Crippen molar-refractivity contribution in [3.63, 3.8) is 0 Å². The standard InChI is InChI=1S/C9H13ClN2O3/c1-3-15-5-4-12-6-11-8(10)7(14-2)9(12)13/h6H,3-5H2,1-2H3. The van der Waals surface area contributed by atoms with Crippen molar-refractivity contribution in [2.75, 3.05) is 20.3 Å². The Hall–Kier alpha value is -1.07. The smallest absolute Gasteiger partial charge is 0.297 e. The lowest BCUT2D eigenvalue weighted by Crippen LogP contribution is -2.24. The number of rotatable bonds is 5. The van der Waals surface area contributed by atoms with Crippen LogP contribution in [0.15, 0.2) is 11.1 Å². The maximum atomic E-state index is 11.7. The van der Waals surface area contributed by atoms with E-state index in [2.05, 4.69) is 4.98 Å². The number of ether oxygens (including phenoxy) is 2. The molecule has 1 aromatic heterocycles. The highest BCUT2D eigenvalue weighted by atomic mass is 35.5. The van der Waals surface area contributed by atoms with Crippen molar-refractivity contribution in [1.29, 1.82) is 0 Å². The minimum Gasteiger partial charge on any atom is -0.489 e. The lowest BCUT2D eigenvalue weighted by atomic mass is 10.5. The van der Waals surface area contributed by atoms with E-state index in [4.69, 9.17) is 21.1 Å². The Morgan fingerprint density at radius 3 is 2.93 bits per heavy atom. The van der Waals surface area contributed by atoms with Crippen molar-refractivity contribution < 1.29 is 9.47 Å². The summed E-state index contributed by atoms with van der Waals surface area (Å²) in [6, 6.07) is 0. The molecule has 0 aliphatic rings. The Bertz CT molecular complexity index is 378. The summed E-state index contributed by atoms with van der Waals surface area (Å²) in [6.07, 6.45) is 1.38. The molecule has 0 N–H and O–H groups in total. The minimum atomic E-state index is -0.294. The molecule has 5 nitrogen and oxygen atoms in total. The van der Waals surface area contributed by atoms with E-state index < -0.39 is 0 Å². The molecule has 1 heterocycles. The number of nitrogens with zero attached hydrogens (tertiary/aromatic N) is 2. The second-order valence-corrected chi connectivity index (χ2v) is 3.12. The van der Waals surface area contributed by atoms with Gasteiger partial charge in [0.05, 0.1) is 26.6 Å². The third kappa shape index (κ3) is 2.94. The number of aromatic nitrogens is 2. The van der Waals surface area contributed by atoms with Crippen molar-refractivity contribution in [2.24, 2.45) is 0 Å². The van der Waals surface area contributed by atoms with Crippen LogP contribution in [0.2, 0.25) is 5.15 Å². The van der Waals surface area contributed by atoms with Crippen LogP contribution >= 0.6 is 11.6 Å². The Morgan fingerprint density at radius 2 is 2.33 bits per heavy atom. The van der Waals surface area contributed by atoms with Crippen LogP contribution < -0.4 is 10.3 Å². The van der Waals surface area contributed by atoms with Crippen LogP contribution in [0.25, 0.3) is 0 Å². The van der Waals surface area contributed by atoms with E-state index in [9.17, 15) is 4.79 Å². The largest absolute Gasteiger partial charge is 0.489 e. The normalized spacial score (nSPS) is 10.3. The van der Waals surface area contributed by atoms with Gasteiger partial charge in [0.25, 0.3) is 5.56 Å². The van der Waals surface area contributed by atoms with Crippen LogP contribution in [0, 0.1) is 0 Å². The maximum absolute atomic E-state index is 11.7. The molecule has 0 unspecified atom stereocenters. The molecule has 0 saturated carbocycles. The van der Waals surface area contributed by atoms with Gasteiger partial charge in [-0.2, -0.15) is 0 Å². The van der Waals surface area contributed by atoms with Gasteiger partial charge in [-0.05, 0) is 6.92 Å². The molecular weight excluding hydrogens is 220 g/mol. The van der Waals surface area contributed by atoms with Crippen molar-refractivity contribution in [2.45, 2.75) is 13.5 Å². The predicted octanol–water partition coefficient (Wildman–Crippen LogP) is 0.942. The van der Waals surface area contributed by atoms with E-state index in [1.54, 1.807) is 0 Å². The monoisotopic (exact) mass is 232 g/mol. The molecule has 0 aliphatic carbocycles. The molecule has 0 radical (unpaired) electrons. The second kappa shape index (κ2) is 5.72. The summed E-state index contributed by atoms with van der Waals surface area (Å²) in [5, 5.41) is 0.0789. The molecule has 0 atom stereocenters. The first kappa shape index (κ1) is 12.0. The first-order valence-electron chi connectivity index (χ1n) is 4.57. The van der Waals surface area contributed by atoms with E-state index in [1.807, 2.05) is 6.92 Å². The van der Waals surface area contributed by atoms with Gasteiger partial charge < -0.3 is 9.47 Å². The highest BCUT2D eigenvalue weighted by molar-refractivity contribution is 6.30. The zero-order valence-electron chi connectivity index (χ0n) is 8.70. The fourth-order valence-corrected chi connectivity index (χ4v) is 1.29. The summed E-state index contributed by atoms with van der Waals surface area (Å²) in [5.41, 5.74) is -0.294. The Balaban J connectivity index is 2.86. The van der Waals surface area contributed by atoms with Gasteiger partial charge in [-0.15, -0.1) is 0 Å². The highest BCUT2D eigenvalue weighted by Gasteiger charge is 2.09. The zero-order valence-corrected chi connectivity index (χ0v) is 9.45. The lowest BCUT2D eigenvalue weighted by Gasteiger charge is -2.07. The molecule has 6 heteroatoms. The fraction of sp³-hybridized carbons (Fsp3) is 0.556. The number of halogens is 1. The molecule has 0 fully saturated rings. The predicted molar refractivity (Wildman–Crippen MR) is 56.6 cm³/mol. The molecule has 1 rings (SSSR count). The van der Waals surface area contributed by atoms with Crippen LogP contribution in [0.4, 0.5) is 0 Å². The Labute approximate surface area is 92.6 Å². The molecule has 0 spiro atoms. The summed E-state index contributed by atoms with van der Waals surface area (Å²) >= 11 is 5.68. The summed E-state index contributed by atoms with van der Waals surface area (Å²) in [5.74, 6) is 0.0654. The molecule has 0 amide bonds. The molecular formula is C9H13ClN2O3. The first-order chi connectivity index (χ1) is 7.20. The number of hydrogen-bond donors (Lipinski definition) is 0. The van der Waals surface area contributed by atoms with Gasteiger partial charge in [-0.25, -0.2) is 4.98 Å². The van der Waals surface area contributed by atoms with Gasteiger partial charge in [-0.1, -0.05) is 11.6 Å². The highest BCUT2D eigenvalue weighted by Crippen LogP contribution is 2.14. The summed E-state index contributed by atoms with van der Waals surface area (Å²) in [6.45, 7) is 3.41. The molecule has 84 valence electrons. The molecule has 0 saturated heterocycles. The fourth-order valence-electron chi connectivity index (χ4n) is 1.09. The number of methoxy groups -OCH3 is 1. The second-order valence-electron chi connectivity index (χ2n) is 2.76. The van der Waals surface area contributed by atoms with Gasteiger partial charge in [0.2, 0.25) is 5.75 Å². The molecule has 0 aliphatic heterocycles. The SMILES string of the molecule is CCOCCn1cnc(Cl)c(OC)c1=O. The summed E-state index contributed by atoms with van der Waals surface area (Å²) in [4.78, 5) is 15.5.